The third kappa shape index (κ3) is 11.5. The van der Waals surface area contributed by atoms with E-state index >= 15 is 0 Å². The number of rotatable bonds is 14. The maximum Gasteiger partial charge on any atom is 2.00 e. The molecule has 2 N–H and O–H groups in total. The predicted octanol–water partition coefficient (Wildman–Crippen LogP) is 2.61. The summed E-state index contributed by atoms with van der Waals surface area (Å²) in [6.07, 6.45) is 1.89. The Bertz CT molecular complexity index is 1010. The monoisotopic (exact) mass is 690 g/mol. The Morgan fingerprint density at radius 2 is 0.976 bits per heavy atom. The summed E-state index contributed by atoms with van der Waals surface area (Å²) in [6, 6.07) is 19.7. The van der Waals surface area contributed by atoms with Gasteiger partial charge in [-0.1, -0.05) is 97.9 Å². The fourth-order valence-corrected chi connectivity index (χ4v) is 5.18. The number of halogens is 2. The Hall–Kier alpha value is -1.61. The van der Waals surface area contributed by atoms with E-state index in [0.717, 1.165) is 38.4 Å². The van der Waals surface area contributed by atoms with Crippen LogP contribution < -0.4 is 35.4 Å². The normalized spacial score (nSPS) is 11.0. The quantitative estimate of drug-likeness (QED) is 0.255. The van der Waals surface area contributed by atoms with E-state index < -0.39 is 0 Å². The van der Waals surface area contributed by atoms with Crippen molar-refractivity contribution in [3.05, 3.63) is 88.7 Å². The zero-order valence-corrected chi connectivity index (χ0v) is 29.2. The van der Waals surface area contributed by atoms with Crippen LogP contribution in [0.3, 0.4) is 0 Å². The third-order valence-corrected chi connectivity index (χ3v) is 7.32. The van der Waals surface area contributed by atoms with Gasteiger partial charge in [0.25, 0.3) is 0 Å². The van der Waals surface area contributed by atoms with Crippen LogP contribution in [0.4, 0.5) is 11.4 Å². The Balaban J connectivity index is 0.00000533. The molecule has 4 nitrogen and oxygen atoms in total. The first-order valence-electron chi connectivity index (χ1n) is 14.5. The maximum absolute atomic E-state index is 4.62. The molecule has 0 aliphatic rings. The van der Waals surface area contributed by atoms with Crippen molar-refractivity contribution in [2.24, 2.45) is 0 Å². The molecular weight excluding hydrogens is 642 g/mol. The molecule has 0 saturated heterocycles. The molecule has 230 valence electrons. The predicted molar refractivity (Wildman–Crippen MR) is 166 cm³/mol. The molecule has 0 fully saturated rings. The number of para-hydroxylation sites is 2. The summed E-state index contributed by atoms with van der Waals surface area (Å²) in [7, 11) is 0. The van der Waals surface area contributed by atoms with E-state index in [1.54, 1.807) is 0 Å². The average Bonchev–Trinajstić information content (AvgIpc) is 2.88. The van der Waals surface area contributed by atoms with Gasteiger partial charge in [0.2, 0.25) is 0 Å². The van der Waals surface area contributed by atoms with Gasteiger partial charge in [-0.25, -0.2) is 0 Å². The second kappa shape index (κ2) is 19.6. The van der Waals surface area contributed by atoms with Gasteiger partial charge in [-0.05, 0) is 58.1 Å². The van der Waals surface area contributed by atoms with Crippen LogP contribution in [-0.4, -0.2) is 36.1 Å². The Morgan fingerprint density at radius 3 is 1.29 bits per heavy atom. The maximum atomic E-state index is 4.62. The van der Waals surface area contributed by atoms with Crippen LogP contribution >= 0.6 is 0 Å². The van der Waals surface area contributed by atoms with Gasteiger partial charge in [-0.3, -0.25) is 9.88 Å². The summed E-state index contributed by atoms with van der Waals surface area (Å²) in [4.78, 5) is 7.13. The summed E-state index contributed by atoms with van der Waals surface area (Å²) in [5, 5.41) is 7.67. The molecule has 0 bridgehead atoms. The fraction of sp³-hybridized carbons (Fsp3) is 0.500. The van der Waals surface area contributed by atoms with Gasteiger partial charge in [0, 0.05) is 50.3 Å². The van der Waals surface area contributed by atoms with Crippen molar-refractivity contribution in [3.63, 3.8) is 0 Å². The zero-order chi connectivity index (χ0) is 27.7. The first-order valence-corrected chi connectivity index (χ1v) is 14.5. The van der Waals surface area contributed by atoms with Gasteiger partial charge in [0.05, 0.1) is 5.69 Å². The van der Waals surface area contributed by atoms with Gasteiger partial charge in [0.1, 0.15) is 0 Å². The zero-order valence-electron chi connectivity index (χ0n) is 26.1. The standard InChI is InChI=1S/C34H50N4.2ClH.Pd/c1-24(2)29-14-11-15-30(25(3)4)33(29)36-19-21-38(23-28-13-9-10-18-35-28)22-20-37-34-31(26(5)6)16-12-17-32(34)27(7)8;;;/h9-18,24-27,36-37H,19-23H2,1-8H3;2*1H;/q;;;+2/p-2. The van der Waals surface area contributed by atoms with Gasteiger partial charge in [-0.2, -0.15) is 0 Å². The second-order valence-corrected chi connectivity index (χ2v) is 11.7. The third-order valence-electron chi connectivity index (χ3n) is 7.32. The van der Waals surface area contributed by atoms with Crippen LogP contribution in [0.5, 0.6) is 0 Å². The average molecular weight is 692 g/mol. The molecule has 1 aromatic heterocycles. The molecule has 0 atom stereocenters. The summed E-state index contributed by atoms with van der Waals surface area (Å²) in [5.41, 5.74) is 9.37. The Morgan fingerprint density at radius 1 is 0.585 bits per heavy atom. The van der Waals surface area contributed by atoms with E-state index in [2.05, 4.69) is 124 Å². The Labute approximate surface area is 276 Å². The molecule has 0 saturated carbocycles. The van der Waals surface area contributed by atoms with E-state index in [-0.39, 0.29) is 45.2 Å². The summed E-state index contributed by atoms with van der Waals surface area (Å²) in [5.74, 6) is 1.95. The number of anilines is 2. The number of nitrogens with one attached hydrogen (secondary N) is 2. The minimum absolute atomic E-state index is 0. The number of benzene rings is 2. The Kier molecular flexibility index (Phi) is 18.8. The number of pyridine rings is 1. The topological polar surface area (TPSA) is 40.2 Å². The van der Waals surface area contributed by atoms with E-state index in [9.17, 15) is 0 Å². The van der Waals surface area contributed by atoms with E-state index in [1.807, 2.05) is 12.3 Å². The molecule has 0 spiro atoms. The molecule has 0 aliphatic carbocycles. The molecule has 41 heavy (non-hydrogen) atoms. The van der Waals surface area contributed by atoms with Crippen LogP contribution in [0.1, 0.15) is 107 Å². The first-order chi connectivity index (χ1) is 18.2. The van der Waals surface area contributed by atoms with Crippen LogP contribution in [0.2, 0.25) is 0 Å². The van der Waals surface area contributed by atoms with Crippen molar-refractivity contribution in [1.82, 2.24) is 9.88 Å². The van der Waals surface area contributed by atoms with Crippen molar-refractivity contribution in [1.29, 1.82) is 0 Å². The van der Waals surface area contributed by atoms with Crippen molar-refractivity contribution >= 4 is 11.4 Å². The molecule has 0 amide bonds. The fourth-order valence-electron chi connectivity index (χ4n) is 5.18. The SMILES string of the molecule is CC(C)c1cccc(C(C)C)c1NCCN(CCNc1c(C(C)C)cccc1C(C)C)Cc1ccccn1.[Cl-].[Cl-].[Pd+2]. The number of aromatic nitrogens is 1. The molecule has 0 unspecified atom stereocenters. The van der Waals surface area contributed by atoms with Gasteiger partial charge >= 0.3 is 20.4 Å². The van der Waals surface area contributed by atoms with E-state index in [1.165, 1.54) is 33.6 Å². The van der Waals surface area contributed by atoms with Crippen molar-refractivity contribution in [2.45, 2.75) is 85.6 Å². The largest absolute Gasteiger partial charge is 2.00 e. The molecule has 1 heterocycles. The minimum Gasteiger partial charge on any atom is -1.00 e. The molecule has 0 aliphatic heterocycles. The molecule has 7 heteroatoms. The van der Waals surface area contributed by atoms with Crippen LogP contribution in [0, 0.1) is 0 Å². The summed E-state index contributed by atoms with van der Waals surface area (Å²) in [6.45, 7) is 22.8. The van der Waals surface area contributed by atoms with Crippen LogP contribution in [0.25, 0.3) is 0 Å². The molecule has 2 aromatic carbocycles. The summed E-state index contributed by atoms with van der Waals surface area (Å²) < 4.78 is 0. The van der Waals surface area contributed by atoms with Crippen LogP contribution in [-0.2, 0) is 27.0 Å². The van der Waals surface area contributed by atoms with Gasteiger partial charge < -0.3 is 35.4 Å². The summed E-state index contributed by atoms with van der Waals surface area (Å²) >= 11 is 0. The smallest absolute Gasteiger partial charge is 1.00 e. The van der Waals surface area contributed by atoms with Crippen molar-refractivity contribution < 1.29 is 45.2 Å². The molecule has 0 radical (unpaired) electrons. The van der Waals surface area contributed by atoms with E-state index in [4.69, 9.17) is 0 Å². The van der Waals surface area contributed by atoms with Crippen LogP contribution in [0.15, 0.2) is 60.8 Å². The van der Waals surface area contributed by atoms with Gasteiger partial charge in [0.15, 0.2) is 0 Å². The number of nitrogens with zero attached hydrogens (tertiary/aromatic N) is 2. The first kappa shape index (κ1) is 39.4. The van der Waals surface area contributed by atoms with Crippen molar-refractivity contribution in [2.75, 3.05) is 36.8 Å². The number of hydrogen-bond acceptors (Lipinski definition) is 4. The molecule has 3 rings (SSSR count). The van der Waals surface area contributed by atoms with Gasteiger partial charge in [-0.15, -0.1) is 0 Å². The molecule has 3 aromatic rings. The second-order valence-electron chi connectivity index (χ2n) is 11.7. The van der Waals surface area contributed by atoms with Crippen molar-refractivity contribution in [3.8, 4) is 0 Å². The minimum atomic E-state index is 0. The molecular formula is C34H50Cl2N4Pd. The number of hydrogen-bond donors (Lipinski definition) is 2. The van der Waals surface area contributed by atoms with E-state index in [0.29, 0.717) is 23.7 Å².